The maximum Gasteiger partial charge on any atom is 0.290 e. The zero-order chi connectivity index (χ0) is 17.7. The van der Waals surface area contributed by atoms with E-state index in [1.165, 1.54) is 32.5 Å². The van der Waals surface area contributed by atoms with Gasteiger partial charge in [0.1, 0.15) is 5.03 Å². The number of pyridine rings is 1. The maximum atomic E-state index is 12.6. The number of amides is 1. The molecule has 2 aromatic rings. The number of benzene rings is 1. The predicted molar refractivity (Wildman–Crippen MR) is 88.3 cm³/mol. The Hall–Kier alpha value is -2.35. The number of hydrogen-bond acceptors (Lipinski definition) is 5. The van der Waals surface area contributed by atoms with E-state index in [9.17, 15) is 13.6 Å². The molecule has 0 bridgehead atoms. The molecule has 128 valence electrons. The van der Waals surface area contributed by atoms with E-state index in [1.54, 1.807) is 19.1 Å². The first kappa shape index (κ1) is 18.0. The van der Waals surface area contributed by atoms with E-state index in [4.69, 9.17) is 9.47 Å². The van der Waals surface area contributed by atoms with Crippen LogP contribution in [0.1, 0.15) is 15.9 Å². The van der Waals surface area contributed by atoms with E-state index in [-0.39, 0.29) is 22.4 Å². The van der Waals surface area contributed by atoms with Crippen molar-refractivity contribution in [3.8, 4) is 11.5 Å². The van der Waals surface area contributed by atoms with E-state index in [0.29, 0.717) is 17.2 Å². The Kier molecular flexibility index (Phi) is 5.97. The summed E-state index contributed by atoms with van der Waals surface area (Å²) in [6.45, 7) is 1.79. The molecule has 0 aliphatic heterocycles. The number of methoxy groups -OCH3 is 2. The zero-order valence-electron chi connectivity index (χ0n) is 13.3. The lowest BCUT2D eigenvalue weighted by Crippen LogP contribution is -2.15. The van der Waals surface area contributed by atoms with Crippen LogP contribution < -0.4 is 14.8 Å². The Bertz CT molecular complexity index is 741. The molecule has 1 aromatic carbocycles. The molecule has 1 heterocycles. The smallest absolute Gasteiger partial charge is 0.290 e. The second-order valence-corrected chi connectivity index (χ2v) is 5.69. The highest BCUT2D eigenvalue weighted by molar-refractivity contribution is 7.99. The van der Waals surface area contributed by atoms with Crippen molar-refractivity contribution in [2.24, 2.45) is 0 Å². The van der Waals surface area contributed by atoms with Gasteiger partial charge in [0.25, 0.3) is 11.7 Å². The van der Waals surface area contributed by atoms with Gasteiger partial charge in [0.2, 0.25) is 0 Å². The van der Waals surface area contributed by atoms with Gasteiger partial charge in [-0.1, -0.05) is 0 Å². The van der Waals surface area contributed by atoms with E-state index < -0.39 is 11.7 Å². The zero-order valence-corrected chi connectivity index (χ0v) is 14.1. The lowest BCUT2D eigenvalue weighted by Gasteiger charge is -2.14. The third-order valence-electron chi connectivity index (χ3n) is 3.20. The van der Waals surface area contributed by atoms with Gasteiger partial charge in [0, 0.05) is 18.0 Å². The fraction of sp³-hybridized carbons (Fsp3) is 0.250. The van der Waals surface area contributed by atoms with Crippen molar-refractivity contribution in [3.63, 3.8) is 0 Å². The predicted octanol–water partition coefficient (Wildman–Crippen LogP) is 3.97. The van der Waals surface area contributed by atoms with Gasteiger partial charge in [-0.25, -0.2) is 4.98 Å². The van der Waals surface area contributed by atoms with Gasteiger partial charge in [-0.05, 0) is 42.4 Å². The molecule has 5 nitrogen and oxygen atoms in total. The Morgan fingerprint density at radius 3 is 2.54 bits per heavy atom. The van der Waals surface area contributed by atoms with Gasteiger partial charge >= 0.3 is 0 Å². The molecule has 1 aromatic heterocycles. The standard InChI is InChI=1S/C16H16F2N2O3S/c1-9-7-12(22-2)13(23-3)8-11(9)20-14(21)10-5-4-6-19-15(10)24-16(17)18/h4-8,16H,1-3H3,(H,20,21). The van der Waals surface area contributed by atoms with E-state index in [2.05, 4.69) is 10.3 Å². The molecule has 0 atom stereocenters. The number of nitrogens with zero attached hydrogens (tertiary/aromatic N) is 1. The summed E-state index contributed by atoms with van der Waals surface area (Å²) in [6.07, 6.45) is 1.36. The first-order valence-corrected chi connectivity index (χ1v) is 7.78. The quantitative estimate of drug-likeness (QED) is 0.795. The van der Waals surface area contributed by atoms with Gasteiger partial charge in [-0.2, -0.15) is 8.78 Å². The van der Waals surface area contributed by atoms with Crippen LogP contribution in [0.25, 0.3) is 0 Å². The molecule has 0 radical (unpaired) electrons. The van der Waals surface area contributed by atoms with Crippen molar-refractivity contribution in [1.29, 1.82) is 0 Å². The van der Waals surface area contributed by atoms with E-state index in [1.807, 2.05) is 0 Å². The number of aromatic nitrogens is 1. The molecule has 0 aliphatic rings. The highest BCUT2D eigenvalue weighted by Crippen LogP contribution is 2.33. The minimum Gasteiger partial charge on any atom is -0.493 e. The number of carbonyl (C=O) groups excluding carboxylic acids is 1. The first-order valence-electron chi connectivity index (χ1n) is 6.90. The van der Waals surface area contributed by atoms with Gasteiger partial charge in [-0.3, -0.25) is 4.79 Å². The molecule has 0 spiro atoms. The summed E-state index contributed by atoms with van der Waals surface area (Å²) in [7, 11) is 3.00. The summed E-state index contributed by atoms with van der Waals surface area (Å²) in [4.78, 5) is 16.3. The van der Waals surface area contributed by atoms with Crippen LogP contribution in [0, 0.1) is 6.92 Å². The Morgan fingerprint density at radius 2 is 1.92 bits per heavy atom. The van der Waals surface area contributed by atoms with Crippen molar-refractivity contribution in [2.45, 2.75) is 17.7 Å². The number of anilines is 1. The van der Waals surface area contributed by atoms with Gasteiger partial charge in [-0.15, -0.1) is 0 Å². The molecule has 0 fully saturated rings. The lowest BCUT2D eigenvalue weighted by molar-refractivity contribution is 0.102. The summed E-state index contributed by atoms with van der Waals surface area (Å²) >= 11 is 0.232. The second kappa shape index (κ2) is 7.96. The molecule has 1 N–H and O–H groups in total. The molecular weight excluding hydrogens is 338 g/mol. The molecule has 0 aliphatic carbocycles. The highest BCUT2D eigenvalue weighted by Gasteiger charge is 2.18. The van der Waals surface area contributed by atoms with Crippen LogP contribution in [0.15, 0.2) is 35.5 Å². The molecule has 0 unspecified atom stereocenters. The molecule has 0 saturated heterocycles. The number of ether oxygens (including phenoxy) is 2. The summed E-state index contributed by atoms with van der Waals surface area (Å²) in [5.41, 5.74) is 1.32. The molecule has 8 heteroatoms. The number of rotatable bonds is 6. The number of aryl methyl sites for hydroxylation is 1. The average molecular weight is 354 g/mol. The number of halogens is 2. The van der Waals surface area contributed by atoms with Crippen LogP contribution in [0.4, 0.5) is 14.5 Å². The van der Waals surface area contributed by atoms with Crippen molar-refractivity contribution < 1.29 is 23.0 Å². The van der Waals surface area contributed by atoms with Crippen molar-refractivity contribution >= 4 is 23.4 Å². The number of hydrogen-bond donors (Lipinski definition) is 1. The van der Waals surface area contributed by atoms with Crippen LogP contribution in [-0.4, -0.2) is 30.9 Å². The number of nitrogens with one attached hydrogen (secondary N) is 1. The van der Waals surface area contributed by atoms with Crippen LogP contribution in [-0.2, 0) is 0 Å². The Morgan fingerprint density at radius 1 is 1.25 bits per heavy atom. The van der Waals surface area contributed by atoms with Crippen LogP contribution in [0.5, 0.6) is 11.5 Å². The number of alkyl halides is 2. The maximum absolute atomic E-state index is 12.6. The van der Waals surface area contributed by atoms with Gasteiger partial charge in [0.15, 0.2) is 11.5 Å². The van der Waals surface area contributed by atoms with Gasteiger partial charge in [0.05, 0.1) is 19.8 Å². The van der Waals surface area contributed by atoms with Crippen molar-refractivity contribution in [3.05, 3.63) is 41.6 Å². The average Bonchev–Trinajstić information content (AvgIpc) is 2.56. The lowest BCUT2D eigenvalue weighted by atomic mass is 10.1. The van der Waals surface area contributed by atoms with E-state index >= 15 is 0 Å². The first-order chi connectivity index (χ1) is 11.5. The minimum absolute atomic E-state index is 0.0249. The van der Waals surface area contributed by atoms with E-state index in [0.717, 1.165) is 5.56 Å². The molecule has 24 heavy (non-hydrogen) atoms. The van der Waals surface area contributed by atoms with Gasteiger partial charge < -0.3 is 14.8 Å². The molecule has 1 amide bonds. The fourth-order valence-electron chi connectivity index (χ4n) is 2.05. The Labute approximate surface area is 142 Å². The topological polar surface area (TPSA) is 60.5 Å². The molecule has 0 saturated carbocycles. The second-order valence-electron chi connectivity index (χ2n) is 4.71. The Balaban J connectivity index is 2.30. The number of carbonyl (C=O) groups is 1. The summed E-state index contributed by atoms with van der Waals surface area (Å²) in [6, 6.07) is 6.30. The van der Waals surface area contributed by atoms with Crippen LogP contribution in [0.3, 0.4) is 0 Å². The number of thioether (sulfide) groups is 1. The van der Waals surface area contributed by atoms with Crippen molar-refractivity contribution in [2.75, 3.05) is 19.5 Å². The third kappa shape index (κ3) is 4.14. The third-order valence-corrected chi connectivity index (χ3v) is 3.92. The molecule has 2 rings (SSSR count). The largest absolute Gasteiger partial charge is 0.493 e. The SMILES string of the molecule is COc1cc(C)c(NC(=O)c2cccnc2SC(F)F)cc1OC. The van der Waals surface area contributed by atoms with Crippen LogP contribution in [0.2, 0.25) is 0 Å². The normalized spacial score (nSPS) is 10.6. The van der Waals surface area contributed by atoms with Crippen LogP contribution >= 0.6 is 11.8 Å². The van der Waals surface area contributed by atoms with Crippen molar-refractivity contribution in [1.82, 2.24) is 4.98 Å². The highest BCUT2D eigenvalue weighted by atomic mass is 32.2. The fourth-order valence-corrected chi connectivity index (χ4v) is 2.63. The summed E-state index contributed by atoms with van der Waals surface area (Å²) in [5, 5.41) is 2.67. The molecular formula is C16H16F2N2O3S. The monoisotopic (exact) mass is 354 g/mol. The minimum atomic E-state index is -2.66. The summed E-state index contributed by atoms with van der Waals surface area (Å²) in [5.74, 6) is -2.20. The summed E-state index contributed by atoms with van der Waals surface area (Å²) < 4.78 is 35.6.